The zero-order chi connectivity index (χ0) is 20.1. The van der Waals surface area contributed by atoms with Gasteiger partial charge in [-0.3, -0.25) is 4.79 Å². The molecule has 0 saturated carbocycles. The van der Waals surface area contributed by atoms with Gasteiger partial charge in [-0.15, -0.1) is 0 Å². The van der Waals surface area contributed by atoms with Crippen LogP contribution < -0.4 is 10.2 Å². The summed E-state index contributed by atoms with van der Waals surface area (Å²) in [6, 6.07) is 12.5. The van der Waals surface area contributed by atoms with Crippen LogP contribution in [0.5, 0.6) is 0 Å². The summed E-state index contributed by atoms with van der Waals surface area (Å²) in [6.45, 7) is 10.6. The lowest BCUT2D eigenvalue weighted by Crippen LogP contribution is -2.49. The van der Waals surface area contributed by atoms with Gasteiger partial charge in [0.1, 0.15) is 0 Å². The summed E-state index contributed by atoms with van der Waals surface area (Å²) >= 11 is 3.52. The third-order valence-electron chi connectivity index (χ3n) is 5.32. The Hall–Kier alpha value is -2.01. The van der Waals surface area contributed by atoms with Gasteiger partial charge in [0.2, 0.25) is 0 Å². The summed E-state index contributed by atoms with van der Waals surface area (Å²) in [5, 5.41) is 3.43. The van der Waals surface area contributed by atoms with Crippen LogP contribution >= 0.6 is 15.9 Å². The number of benzene rings is 2. The molecule has 2 aromatic rings. The van der Waals surface area contributed by atoms with Crippen molar-refractivity contribution in [3.8, 4) is 0 Å². The van der Waals surface area contributed by atoms with Crippen LogP contribution in [0.2, 0.25) is 0 Å². The second-order valence-corrected chi connectivity index (χ2v) is 8.46. The number of carbonyl (C=O) groups excluding carboxylic acids is 1. The molecular weight excluding hydrogens is 414 g/mol. The van der Waals surface area contributed by atoms with E-state index in [-0.39, 0.29) is 5.91 Å². The number of halogens is 1. The van der Waals surface area contributed by atoms with E-state index >= 15 is 0 Å². The topological polar surface area (TPSA) is 35.6 Å². The monoisotopic (exact) mass is 443 g/mol. The predicted molar refractivity (Wildman–Crippen MR) is 122 cm³/mol. The molecular formula is C23H30BrN3O. The highest BCUT2D eigenvalue weighted by atomic mass is 79.9. The van der Waals surface area contributed by atoms with Crippen LogP contribution in [0.4, 0.5) is 11.4 Å². The number of amides is 1. The van der Waals surface area contributed by atoms with Crippen LogP contribution in [0.25, 0.3) is 0 Å². The standard InChI is InChI=1S/C23H30BrN3O/c1-4-5-10-25-21-16-19(24)7-8-20(21)23(28)27-13-11-26(12-14-27)22-9-6-17(2)15-18(22)3/h6-9,15-16,25H,4-5,10-14H2,1-3H3. The van der Waals surface area contributed by atoms with Gasteiger partial charge in [-0.2, -0.15) is 0 Å². The molecule has 1 aliphatic heterocycles. The zero-order valence-electron chi connectivity index (χ0n) is 17.1. The number of unbranched alkanes of at least 4 members (excludes halogenated alkanes) is 1. The number of carbonyl (C=O) groups is 1. The molecule has 1 N–H and O–H groups in total. The van der Waals surface area contributed by atoms with Crippen LogP contribution in [-0.2, 0) is 0 Å². The van der Waals surface area contributed by atoms with Crippen molar-refractivity contribution in [1.82, 2.24) is 4.90 Å². The number of aryl methyl sites for hydroxylation is 2. The van der Waals surface area contributed by atoms with Gasteiger partial charge in [-0.05, 0) is 50.1 Å². The average molecular weight is 444 g/mol. The van der Waals surface area contributed by atoms with Gasteiger partial charge in [0.05, 0.1) is 5.56 Å². The lowest BCUT2D eigenvalue weighted by Gasteiger charge is -2.37. The van der Waals surface area contributed by atoms with E-state index < -0.39 is 0 Å². The maximum Gasteiger partial charge on any atom is 0.256 e. The number of piperazine rings is 1. The normalized spacial score (nSPS) is 14.3. The van der Waals surface area contributed by atoms with Gasteiger partial charge in [-0.25, -0.2) is 0 Å². The fourth-order valence-corrected chi connectivity index (χ4v) is 4.09. The Morgan fingerprint density at radius 2 is 1.82 bits per heavy atom. The second kappa shape index (κ2) is 9.46. The minimum Gasteiger partial charge on any atom is -0.384 e. The first-order chi connectivity index (χ1) is 13.5. The summed E-state index contributed by atoms with van der Waals surface area (Å²) < 4.78 is 0.989. The number of nitrogens with zero attached hydrogens (tertiary/aromatic N) is 2. The third-order valence-corrected chi connectivity index (χ3v) is 5.81. The molecule has 150 valence electrons. The van der Waals surface area contributed by atoms with Crippen molar-refractivity contribution >= 4 is 33.2 Å². The lowest BCUT2D eigenvalue weighted by molar-refractivity contribution is 0.0747. The summed E-state index contributed by atoms with van der Waals surface area (Å²) in [5.41, 5.74) is 5.55. The summed E-state index contributed by atoms with van der Waals surface area (Å²) in [6.07, 6.45) is 2.22. The number of nitrogens with one attached hydrogen (secondary N) is 1. The Morgan fingerprint density at radius 3 is 2.50 bits per heavy atom. The molecule has 1 fully saturated rings. The van der Waals surface area contributed by atoms with Gasteiger partial charge < -0.3 is 15.1 Å². The fourth-order valence-electron chi connectivity index (χ4n) is 3.73. The Morgan fingerprint density at radius 1 is 1.07 bits per heavy atom. The highest BCUT2D eigenvalue weighted by Gasteiger charge is 2.24. The van der Waals surface area contributed by atoms with Gasteiger partial charge in [0.25, 0.3) is 5.91 Å². The second-order valence-electron chi connectivity index (χ2n) is 7.54. The van der Waals surface area contributed by atoms with Gasteiger partial charge in [0, 0.05) is 48.6 Å². The van der Waals surface area contributed by atoms with Gasteiger partial charge in [0.15, 0.2) is 0 Å². The molecule has 0 atom stereocenters. The van der Waals surface area contributed by atoms with Crippen molar-refractivity contribution in [3.05, 3.63) is 57.6 Å². The Bertz CT molecular complexity index is 829. The largest absolute Gasteiger partial charge is 0.384 e. The van der Waals surface area contributed by atoms with Crippen molar-refractivity contribution < 1.29 is 4.79 Å². The van der Waals surface area contributed by atoms with E-state index in [1.54, 1.807) is 0 Å². The van der Waals surface area contributed by atoms with E-state index in [0.717, 1.165) is 61.3 Å². The van der Waals surface area contributed by atoms with Crippen molar-refractivity contribution in [2.24, 2.45) is 0 Å². The van der Waals surface area contributed by atoms with E-state index in [1.807, 2.05) is 23.1 Å². The molecule has 3 rings (SSSR count). The highest BCUT2D eigenvalue weighted by Crippen LogP contribution is 2.26. The maximum absolute atomic E-state index is 13.2. The third kappa shape index (κ3) is 4.88. The number of anilines is 2. The molecule has 0 bridgehead atoms. The smallest absolute Gasteiger partial charge is 0.256 e. The van der Waals surface area contributed by atoms with Gasteiger partial charge in [-0.1, -0.05) is 47.0 Å². The van der Waals surface area contributed by atoms with Gasteiger partial charge >= 0.3 is 0 Å². The van der Waals surface area contributed by atoms with Crippen LogP contribution in [-0.4, -0.2) is 43.5 Å². The summed E-state index contributed by atoms with van der Waals surface area (Å²) in [4.78, 5) is 17.5. The Balaban J connectivity index is 1.68. The summed E-state index contributed by atoms with van der Waals surface area (Å²) in [5.74, 6) is 0.117. The first-order valence-corrected chi connectivity index (χ1v) is 10.9. The lowest BCUT2D eigenvalue weighted by atomic mass is 10.1. The van der Waals surface area contributed by atoms with E-state index in [1.165, 1.54) is 16.8 Å². The molecule has 0 unspecified atom stereocenters. The van der Waals surface area contributed by atoms with Crippen LogP contribution in [0.3, 0.4) is 0 Å². The van der Waals surface area contributed by atoms with E-state index in [4.69, 9.17) is 0 Å². The molecule has 1 heterocycles. The van der Waals surface area contributed by atoms with E-state index in [0.29, 0.717) is 0 Å². The first-order valence-electron chi connectivity index (χ1n) is 10.1. The quantitative estimate of drug-likeness (QED) is 0.619. The molecule has 0 spiro atoms. The SMILES string of the molecule is CCCCNc1cc(Br)ccc1C(=O)N1CCN(c2ccc(C)cc2C)CC1. The first kappa shape index (κ1) is 20.7. The molecule has 0 aliphatic carbocycles. The molecule has 0 radical (unpaired) electrons. The number of hydrogen-bond acceptors (Lipinski definition) is 3. The van der Waals surface area contributed by atoms with Crippen molar-refractivity contribution in [2.75, 3.05) is 42.9 Å². The summed E-state index contributed by atoms with van der Waals surface area (Å²) in [7, 11) is 0. The molecule has 1 amide bonds. The van der Waals surface area contributed by atoms with E-state index in [9.17, 15) is 4.79 Å². The number of hydrogen-bond donors (Lipinski definition) is 1. The Kier molecular flexibility index (Phi) is 7.00. The average Bonchev–Trinajstić information content (AvgIpc) is 2.68. The molecule has 5 heteroatoms. The van der Waals surface area contributed by atoms with Crippen LogP contribution in [0.1, 0.15) is 41.3 Å². The molecule has 2 aromatic carbocycles. The number of rotatable bonds is 6. The van der Waals surface area contributed by atoms with Crippen molar-refractivity contribution in [2.45, 2.75) is 33.6 Å². The molecule has 28 heavy (non-hydrogen) atoms. The highest BCUT2D eigenvalue weighted by molar-refractivity contribution is 9.10. The van der Waals surface area contributed by atoms with Crippen LogP contribution in [0, 0.1) is 13.8 Å². The maximum atomic E-state index is 13.2. The minimum atomic E-state index is 0.117. The zero-order valence-corrected chi connectivity index (χ0v) is 18.7. The predicted octanol–water partition coefficient (Wildman–Crippen LogP) is 5.24. The fraction of sp³-hybridized carbons (Fsp3) is 0.435. The molecule has 1 aliphatic rings. The van der Waals surface area contributed by atoms with Crippen LogP contribution in [0.15, 0.2) is 40.9 Å². The Labute approximate surface area is 177 Å². The molecule has 0 aromatic heterocycles. The molecule has 1 saturated heterocycles. The van der Waals surface area contributed by atoms with Crippen molar-refractivity contribution in [3.63, 3.8) is 0 Å². The molecule has 4 nitrogen and oxygen atoms in total. The minimum absolute atomic E-state index is 0.117. The van der Waals surface area contributed by atoms with Crippen molar-refractivity contribution in [1.29, 1.82) is 0 Å². The van der Waals surface area contributed by atoms with E-state index in [2.05, 4.69) is 65.1 Å².